The molecule has 1 N–H and O–H groups in total. The molecule has 0 bridgehead atoms. The minimum atomic E-state index is -3.36. The zero-order valence-corrected chi connectivity index (χ0v) is 23.8. The van der Waals surface area contributed by atoms with Gasteiger partial charge in [0.15, 0.2) is 32.6 Å². The first-order chi connectivity index (χ1) is 18.8. The van der Waals surface area contributed by atoms with Crippen LogP contribution in [0.1, 0.15) is 54.6 Å². The van der Waals surface area contributed by atoms with E-state index in [1.807, 2.05) is 11.9 Å². The van der Waals surface area contributed by atoms with E-state index in [4.69, 9.17) is 19.4 Å². The second kappa shape index (κ2) is 10.9. The van der Waals surface area contributed by atoms with Gasteiger partial charge in [0, 0.05) is 32.7 Å². The van der Waals surface area contributed by atoms with Gasteiger partial charge in [-0.05, 0) is 49.9 Å². The Labute approximate surface area is 232 Å². The van der Waals surface area contributed by atoms with Crippen LogP contribution in [0.5, 0.6) is 0 Å². The molecule has 1 saturated carbocycles. The predicted molar refractivity (Wildman–Crippen MR) is 148 cm³/mol. The van der Waals surface area contributed by atoms with Gasteiger partial charge in [-0.1, -0.05) is 12.8 Å². The number of carbonyl (C=O) groups excluding carboxylic acids is 1. The highest BCUT2D eigenvalue weighted by atomic mass is 32.2. The highest BCUT2D eigenvalue weighted by Gasteiger charge is 2.42. The number of benzene rings is 1. The van der Waals surface area contributed by atoms with Crippen molar-refractivity contribution in [3.8, 4) is 0 Å². The van der Waals surface area contributed by atoms with Crippen LogP contribution in [-0.2, 0) is 36.9 Å². The average Bonchev–Trinajstić information content (AvgIpc) is 3.61. The summed E-state index contributed by atoms with van der Waals surface area (Å²) in [6, 6.07) is 6.40. The Bertz CT molecular complexity index is 1320. The number of sulfone groups is 1. The van der Waals surface area contributed by atoms with Gasteiger partial charge in [-0.3, -0.25) is 0 Å². The number of carbonyl (C=O) groups is 1. The van der Waals surface area contributed by atoms with Crippen molar-refractivity contribution >= 4 is 38.7 Å². The predicted octanol–water partition coefficient (Wildman–Crippen LogP) is 2.86. The Morgan fingerprint density at radius 2 is 1.79 bits per heavy atom. The molecule has 0 amide bonds. The molecule has 2 saturated heterocycles. The molecule has 210 valence electrons. The van der Waals surface area contributed by atoms with Crippen molar-refractivity contribution < 1.29 is 27.2 Å². The first-order valence-corrected chi connectivity index (χ1v) is 16.6. The Morgan fingerprint density at radius 3 is 2.49 bits per heavy atom. The zero-order valence-electron chi connectivity index (χ0n) is 22.1. The highest BCUT2D eigenvalue weighted by Crippen LogP contribution is 2.36. The van der Waals surface area contributed by atoms with Crippen LogP contribution in [0, 0.1) is 0 Å². The number of nitrogens with zero attached hydrogens (tertiary/aromatic N) is 4. The zero-order chi connectivity index (χ0) is 27.1. The van der Waals surface area contributed by atoms with E-state index in [1.165, 1.54) is 24.3 Å². The number of rotatable bonds is 7. The molecule has 2 aromatic rings. The smallest absolute Gasteiger partial charge is 0.338 e. The maximum Gasteiger partial charge on any atom is 0.338 e. The molecule has 1 unspecified atom stereocenters. The van der Waals surface area contributed by atoms with E-state index < -0.39 is 27.0 Å². The van der Waals surface area contributed by atoms with E-state index in [9.17, 15) is 17.8 Å². The van der Waals surface area contributed by atoms with Gasteiger partial charge in [0.25, 0.3) is 4.90 Å². The second-order valence-corrected chi connectivity index (χ2v) is 14.6. The molecule has 4 aliphatic rings. The molecule has 3 aliphatic heterocycles. The van der Waals surface area contributed by atoms with E-state index in [0.29, 0.717) is 49.2 Å². The lowest BCUT2D eigenvalue weighted by molar-refractivity contribution is 0.0231. The van der Waals surface area contributed by atoms with Crippen LogP contribution in [0.4, 0.5) is 11.8 Å². The first kappa shape index (κ1) is 26.8. The Kier molecular flexibility index (Phi) is 7.47. The standard InChI is InChI=1S/C27H35N4O6S2/c1-30(19-10-13-36-14-11-19)25-24-23(12-15-38(24)33)28-27(29-25)31-16-20(17-31)37-26(32)18-6-8-22(9-7-18)39(34,35)21-4-2-3-5-21/h6-9,19-21,33H,2-5,10-17H2,1H3/q+1. The third-order valence-electron chi connectivity index (χ3n) is 8.31. The van der Waals surface area contributed by atoms with Crippen LogP contribution in [0.15, 0.2) is 34.1 Å². The SMILES string of the molecule is CN(c1nc(N2CC(OC(=O)c3ccc(S(=O)(=O)C4CCCC4)cc3)C2)nc2c1[S+](O)CC2)C1CCOCC1. The average molecular weight is 576 g/mol. The molecule has 3 fully saturated rings. The van der Waals surface area contributed by atoms with Crippen LogP contribution in [-0.4, -0.2) is 85.4 Å². The summed E-state index contributed by atoms with van der Waals surface area (Å²) in [6.45, 7) is 2.39. The fourth-order valence-electron chi connectivity index (χ4n) is 5.87. The molecule has 6 rings (SSSR count). The first-order valence-electron chi connectivity index (χ1n) is 13.7. The van der Waals surface area contributed by atoms with E-state index in [-0.39, 0.29) is 16.2 Å². The van der Waals surface area contributed by atoms with Crippen molar-refractivity contribution in [1.82, 2.24) is 9.97 Å². The van der Waals surface area contributed by atoms with E-state index >= 15 is 0 Å². The molecule has 0 spiro atoms. The summed E-state index contributed by atoms with van der Waals surface area (Å²) in [4.78, 5) is 27.7. The fourth-order valence-corrected chi connectivity index (χ4v) is 9.14. The largest absolute Gasteiger partial charge is 0.455 e. The molecule has 12 heteroatoms. The lowest BCUT2D eigenvalue weighted by Gasteiger charge is -2.39. The summed E-state index contributed by atoms with van der Waals surface area (Å²) < 4.78 is 47.5. The van der Waals surface area contributed by atoms with Crippen molar-refractivity contribution in [2.24, 2.45) is 0 Å². The summed E-state index contributed by atoms with van der Waals surface area (Å²) in [6.07, 6.45) is 5.54. The van der Waals surface area contributed by atoms with Gasteiger partial charge < -0.3 is 19.3 Å². The maximum absolute atomic E-state index is 12.8. The number of hydrogen-bond acceptors (Lipinski definition) is 10. The Morgan fingerprint density at radius 1 is 1.10 bits per heavy atom. The summed E-state index contributed by atoms with van der Waals surface area (Å²) in [7, 11) is -1.33. The van der Waals surface area contributed by atoms with Crippen molar-refractivity contribution in [2.45, 2.75) is 72.1 Å². The normalized spacial score (nSPS) is 22.5. The van der Waals surface area contributed by atoms with Crippen molar-refractivity contribution in [3.05, 3.63) is 35.5 Å². The Hall–Kier alpha value is -2.41. The van der Waals surface area contributed by atoms with Crippen LogP contribution in [0.3, 0.4) is 0 Å². The van der Waals surface area contributed by atoms with Gasteiger partial charge in [0.05, 0.1) is 28.8 Å². The van der Waals surface area contributed by atoms with E-state index in [2.05, 4.69) is 4.90 Å². The van der Waals surface area contributed by atoms with Gasteiger partial charge in [-0.25, -0.2) is 18.2 Å². The number of aromatic nitrogens is 2. The summed E-state index contributed by atoms with van der Waals surface area (Å²) in [5, 5.41) is -0.321. The van der Waals surface area contributed by atoms with Crippen LogP contribution < -0.4 is 9.80 Å². The van der Waals surface area contributed by atoms with E-state index in [0.717, 1.165) is 61.7 Å². The molecule has 1 aromatic carbocycles. The van der Waals surface area contributed by atoms with Gasteiger partial charge in [0.1, 0.15) is 11.8 Å². The quantitative estimate of drug-likeness (QED) is 0.390. The molecular weight excluding hydrogens is 540 g/mol. The van der Waals surface area contributed by atoms with Crippen LogP contribution in [0.2, 0.25) is 0 Å². The number of fused-ring (bicyclic) bond motifs is 1. The molecule has 1 aliphatic carbocycles. The lowest BCUT2D eigenvalue weighted by atomic mass is 10.1. The summed E-state index contributed by atoms with van der Waals surface area (Å²) >= 11 is -0.858. The maximum atomic E-state index is 12.8. The minimum Gasteiger partial charge on any atom is -0.455 e. The highest BCUT2D eigenvalue weighted by molar-refractivity contribution is 7.92. The second-order valence-electron chi connectivity index (χ2n) is 10.8. The molecule has 10 nitrogen and oxygen atoms in total. The molecule has 39 heavy (non-hydrogen) atoms. The molecule has 1 atom stereocenters. The molecular formula is C27H35N4O6S2+. The number of aryl methyl sites for hydroxylation is 1. The fraction of sp³-hybridized carbons (Fsp3) is 0.593. The number of ether oxygens (including phenoxy) is 2. The number of hydrogen-bond donors (Lipinski definition) is 1. The summed E-state index contributed by atoms with van der Waals surface area (Å²) in [5.41, 5.74) is 1.23. The lowest BCUT2D eigenvalue weighted by Crippen LogP contribution is -2.54. The molecule has 4 heterocycles. The van der Waals surface area contributed by atoms with Gasteiger partial charge >= 0.3 is 5.97 Å². The number of esters is 1. The van der Waals surface area contributed by atoms with Gasteiger partial charge in [-0.15, -0.1) is 0 Å². The number of anilines is 2. The van der Waals surface area contributed by atoms with Crippen molar-refractivity contribution in [3.63, 3.8) is 0 Å². The minimum absolute atomic E-state index is 0.266. The van der Waals surface area contributed by atoms with Gasteiger partial charge in [0.2, 0.25) is 5.95 Å². The van der Waals surface area contributed by atoms with Crippen LogP contribution >= 0.6 is 0 Å². The van der Waals surface area contributed by atoms with Crippen molar-refractivity contribution in [2.75, 3.05) is 48.9 Å². The van der Waals surface area contributed by atoms with Crippen LogP contribution in [0.25, 0.3) is 0 Å². The monoisotopic (exact) mass is 575 g/mol. The molecule has 0 radical (unpaired) electrons. The van der Waals surface area contributed by atoms with Crippen molar-refractivity contribution in [1.29, 1.82) is 0 Å². The Balaban J connectivity index is 1.10. The summed E-state index contributed by atoms with van der Waals surface area (Å²) in [5.74, 6) is 1.58. The molecule has 1 aromatic heterocycles. The van der Waals surface area contributed by atoms with E-state index in [1.54, 1.807) is 0 Å². The third-order valence-corrected chi connectivity index (χ3v) is 12.1. The third kappa shape index (κ3) is 5.23. The van der Waals surface area contributed by atoms with Gasteiger partial charge in [-0.2, -0.15) is 9.54 Å². The topological polar surface area (TPSA) is 122 Å².